The molecule has 0 bridgehead atoms. The summed E-state index contributed by atoms with van der Waals surface area (Å²) in [6, 6.07) is 2.48. The molecule has 0 aliphatic carbocycles. The summed E-state index contributed by atoms with van der Waals surface area (Å²) < 4.78 is 0. The molecule has 0 amide bonds. The molecule has 16 heavy (non-hydrogen) atoms. The number of likely N-dealkylation sites (tertiary alicyclic amines) is 1. The molecule has 3 N–H and O–H groups in total. The predicted molar refractivity (Wildman–Crippen MR) is 63.1 cm³/mol. The lowest BCUT2D eigenvalue weighted by Crippen LogP contribution is -2.31. The van der Waals surface area contributed by atoms with Gasteiger partial charge in [-0.25, -0.2) is 5.10 Å². The van der Waals surface area contributed by atoms with E-state index in [2.05, 4.69) is 28.9 Å². The zero-order valence-electron chi connectivity index (χ0n) is 9.73. The van der Waals surface area contributed by atoms with Crippen molar-refractivity contribution in [2.24, 2.45) is 0 Å². The van der Waals surface area contributed by atoms with Crippen molar-refractivity contribution in [3.63, 3.8) is 0 Å². The fourth-order valence-corrected chi connectivity index (χ4v) is 2.33. The van der Waals surface area contributed by atoms with Crippen molar-refractivity contribution >= 4 is 5.69 Å². The Hall–Kier alpha value is -1.36. The van der Waals surface area contributed by atoms with Gasteiger partial charge in [0.1, 0.15) is 5.69 Å². The van der Waals surface area contributed by atoms with Crippen LogP contribution in [0, 0.1) is 0 Å². The van der Waals surface area contributed by atoms with Crippen molar-refractivity contribution in [1.29, 1.82) is 0 Å². The van der Waals surface area contributed by atoms with E-state index in [0.717, 1.165) is 18.7 Å². The third kappa shape index (κ3) is 1.95. The van der Waals surface area contributed by atoms with Crippen LogP contribution >= 0.6 is 0 Å². The van der Waals surface area contributed by atoms with Gasteiger partial charge in [-0.05, 0) is 39.3 Å². The highest BCUT2D eigenvalue weighted by molar-refractivity contribution is 5.35. The first-order chi connectivity index (χ1) is 7.59. The van der Waals surface area contributed by atoms with Crippen LogP contribution in [0.25, 0.3) is 0 Å². The molecule has 0 saturated carbocycles. The van der Waals surface area contributed by atoms with Gasteiger partial charge in [-0.15, -0.1) is 0 Å². The number of nitrogens with zero attached hydrogens (tertiary/aromatic N) is 2. The number of nitrogens with two attached hydrogens (primary N) is 1. The van der Waals surface area contributed by atoms with Crippen LogP contribution in [0.3, 0.4) is 0 Å². The van der Waals surface area contributed by atoms with Crippen LogP contribution < -0.4 is 11.3 Å². The molecule has 1 aromatic heterocycles. The molecule has 88 valence electrons. The number of nitrogens with one attached hydrogen (secondary N) is 1. The zero-order valence-corrected chi connectivity index (χ0v) is 9.73. The highest BCUT2D eigenvalue weighted by Crippen LogP contribution is 2.32. The molecule has 1 fully saturated rings. The fourth-order valence-electron chi connectivity index (χ4n) is 2.33. The molecule has 1 aromatic rings. The van der Waals surface area contributed by atoms with Crippen LogP contribution in [0.4, 0.5) is 5.69 Å². The third-order valence-electron chi connectivity index (χ3n) is 3.15. The lowest BCUT2D eigenvalue weighted by Gasteiger charge is -2.27. The van der Waals surface area contributed by atoms with E-state index >= 15 is 0 Å². The minimum Gasteiger partial charge on any atom is -0.394 e. The van der Waals surface area contributed by atoms with Gasteiger partial charge in [-0.1, -0.05) is 0 Å². The van der Waals surface area contributed by atoms with E-state index in [4.69, 9.17) is 5.73 Å². The van der Waals surface area contributed by atoms with E-state index in [1.165, 1.54) is 6.42 Å². The van der Waals surface area contributed by atoms with E-state index in [1.54, 1.807) is 6.07 Å². The Morgan fingerprint density at radius 1 is 1.62 bits per heavy atom. The molecule has 1 aliphatic rings. The van der Waals surface area contributed by atoms with Crippen LogP contribution in [-0.2, 0) is 0 Å². The van der Waals surface area contributed by atoms with Gasteiger partial charge in [0.2, 0.25) is 0 Å². The molecule has 1 aliphatic heterocycles. The maximum atomic E-state index is 11.1. The maximum absolute atomic E-state index is 11.1. The lowest BCUT2D eigenvalue weighted by atomic mass is 10.1. The monoisotopic (exact) mass is 222 g/mol. The first-order valence-corrected chi connectivity index (χ1v) is 5.70. The minimum atomic E-state index is -0.308. The highest BCUT2D eigenvalue weighted by atomic mass is 16.1. The van der Waals surface area contributed by atoms with Gasteiger partial charge < -0.3 is 5.73 Å². The normalized spacial score (nSPS) is 21.8. The van der Waals surface area contributed by atoms with Crippen LogP contribution in [0.15, 0.2) is 10.9 Å². The van der Waals surface area contributed by atoms with E-state index < -0.39 is 0 Å². The average Bonchev–Trinajstić information content (AvgIpc) is 2.71. The van der Waals surface area contributed by atoms with Crippen molar-refractivity contribution in [3.8, 4) is 0 Å². The van der Waals surface area contributed by atoms with Gasteiger partial charge >= 0.3 is 0 Å². The van der Waals surface area contributed by atoms with Crippen LogP contribution in [-0.4, -0.2) is 27.7 Å². The second-order valence-corrected chi connectivity index (χ2v) is 4.57. The summed E-state index contributed by atoms with van der Waals surface area (Å²) in [6.45, 7) is 5.43. The van der Waals surface area contributed by atoms with Gasteiger partial charge in [-0.2, -0.15) is 5.10 Å². The number of anilines is 1. The van der Waals surface area contributed by atoms with Crippen molar-refractivity contribution in [2.75, 3.05) is 12.3 Å². The zero-order chi connectivity index (χ0) is 11.7. The quantitative estimate of drug-likeness (QED) is 0.779. The minimum absolute atomic E-state index is 0.251. The van der Waals surface area contributed by atoms with Gasteiger partial charge in [0.05, 0.1) is 11.7 Å². The molecule has 1 unspecified atom stereocenters. The standard InChI is InChI=1S/C11H18N4O/c1-7(2)15-5-3-4-10(15)9-6-8(12)11(16)14-13-9/h6-7,10H,3-5H2,1-2H3,(H2,12,13)(H,14,16). The number of H-pyrrole nitrogens is 1. The first-order valence-electron chi connectivity index (χ1n) is 5.70. The average molecular weight is 222 g/mol. The predicted octanol–water partition coefficient (Wildman–Crippen LogP) is 0.897. The number of aromatic amines is 1. The second kappa shape index (κ2) is 4.25. The van der Waals surface area contributed by atoms with E-state index in [1.807, 2.05) is 0 Å². The van der Waals surface area contributed by atoms with Crippen molar-refractivity contribution < 1.29 is 0 Å². The molecular formula is C11H18N4O. The second-order valence-electron chi connectivity index (χ2n) is 4.57. The number of rotatable bonds is 2. The number of hydrogen-bond donors (Lipinski definition) is 2. The van der Waals surface area contributed by atoms with E-state index in [9.17, 15) is 4.79 Å². The molecule has 1 saturated heterocycles. The number of hydrogen-bond acceptors (Lipinski definition) is 4. The lowest BCUT2D eigenvalue weighted by molar-refractivity contribution is 0.201. The SMILES string of the molecule is CC(C)N1CCCC1c1cc(N)c(=O)[nH]n1. The Balaban J connectivity index is 2.29. The van der Waals surface area contributed by atoms with Gasteiger partial charge in [0, 0.05) is 6.04 Å². The maximum Gasteiger partial charge on any atom is 0.287 e. The summed E-state index contributed by atoms with van der Waals surface area (Å²) in [5.41, 5.74) is 6.43. The molecule has 2 rings (SSSR count). The summed E-state index contributed by atoms with van der Waals surface area (Å²) in [5.74, 6) is 0. The van der Waals surface area contributed by atoms with Gasteiger partial charge in [0.25, 0.3) is 5.56 Å². The molecule has 1 atom stereocenters. The van der Waals surface area contributed by atoms with E-state index in [-0.39, 0.29) is 11.2 Å². The summed E-state index contributed by atoms with van der Waals surface area (Å²) in [5, 5.41) is 6.54. The summed E-state index contributed by atoms with van der Waals surface area (Å²) in [6.07, 6.45) is 2.25. The summed E-state index contributed by atoms with van der Waals surface area (Å²) in [4.78, 5) is 13.5. The Labute approximate surface area is 94.6 Å². The topological polar surface area (TPSA) is 75.0 Å². The molecule has 0 radical (unpaired) electrons. The van der Waals surface area contributed by atoms with Crippen molar-refractivity contribution in [1.82, 2.24) is 15.1 Å². The Bertz CT molecular complexity index is 426. The molecule has 2 heterocycles. The van der Waals surface area contributed by atoms with Crippen molar-refractivity contribution in [3.05, 3.63) is 22.1 Å². The first kappa shape index (κ1) is 11.1. The van der Waals surface area contributed by atoms with Crippen molar-refractivity contribution in [2.45, 2.75) is 38.8 Å². The third-order valence-corrected chi connectivity index (χ3v) is 3.15. The highest BCUT2D eigenvalue weighted by Gasteiger charge is 2.29. The fraction of sp³-hybridized carbons (Fsp3) is 0.636. The summed E-state index contributed by atoms with van der Waals surface area (Å²) >= 11 is 0. The Morgan fingerprint density at radius 3 is 3.00 bits per heavy atom. The number of aromatic nitrogens is 2. The van der Waals surface area contributed by atoms with E-state index in [0.29, 0.717) is 12.1 Å². The summed E-state index contributed by atoms with van der Waals surface area (Å²) in [7, 11) is 0. The van der Waals surface area contributed by atoms with Crippen LogP contribution in [0.1, 0.15) is 38.4 Å². The molecule has 0 aromatic carbocycles. The molecule has 5 heteroatoms. The molecular weight excluding hydrogens is 204 g/mol. The van der Waals surface area contributed by atoms with Crippen LogP contribution in [0.5, 0.6) is 0 Å². The number of nitrogen functional groups attached to an aromatic ring is 1. The Morgan fingerprint density at radius 2 is 2.38 bits per heavy atom. The van der Waals surface area contributed by atoms with Crippen LogP contribution in [0.2, 0.25) is 0 Å². The van der Waals surface area contributed by atoms with Gasteiger partial charge in [-0.3, -0.25) is 9.69 Å². The smallest absolute Gasteiger partial charge is 0.287 e. The largest absolute Gasteiger partial charge is 0.394 e. The molecule has 5 nitrogen and oxygen atoms in total. The molecule has 0 spiro atoms. The Kier molecular flexibility index (Phi) is 2.96. The van der Waals surface area contributed by atoms with Gasteiger partial charge in [0.15, 0.2) is 0 Å².